The summed E-state index contributed by atoms with van der Waals surface area (Å²) in [6.07, 6.45) is 1.04. The summed E-state index contributed by atoms with van der Waals surface area (Å²) in [7, 11) is -3.82. The lowest BCUT2D eigenvalue weighted by Crippen LogP contribution is -2.51. The van der Waals surface area contributed by atoms with E-state index in [4.69, 9.17) is 4.74 Å². The molecule has 10 heteroatoms. The van der Waals surface area contributed by atoms with Gasteiger partial charge in [-0.1, -0.05) is 40.2 Å². The van der Waals surface area contributed by atoms with Crippen LogP contribution >= 0.6 is 15.9 Å². The zero-order chi connectivity index (χ0) is 24.6. The Hall–Kier alpha value is -2.59. The maximum Gasteiger partial charge on any atom is 0.244 e. The number of ether oxygens (including phenoxy) is 1. The Kier molecular flexibility index (Phi) is 9.72. The van der Waals surface area contributed by atoms with Gasteiger partial charge in [0.15, 0.2) is 0 Å². The van der Waals surface area contributed by atoms with Crippen LogP contribution in [0.25, 0.3) is 0 Å². The molecule has 1 atom stereocenters. The number of benzene rings is 2. The van der Waals surface area contributed by atoms with Crippen molar-refractivity contribution >= 4 is 43.5 Å². The molecule has 0 aliphatic rings. The number of hydrogen-bond donors (Lipinski definition) is 1. The van der Waals surface area contributed by atoms with Crippen molar-refractivity contribution in [3.05, 3.63) is 58.6 Å². The van der Waals surface area contributed by atoms with Crippen molar-refractivity contribution in [2.75, 3.05) is 30.3 Å². The summed E-state index contributed by atoms with van der Waals surface area (Å²) >= 11 is 3.38. The van der Waals surface area contributed by atoms with Crippen LogP contribution in [0.5, 0.6) is 5.75 Å². The van der Waals surface area contributed by atoms with Crippen LogP contribution in [0, 0.1) is 0 Å². The molecule has 1 N–H and O–H groups in total. The van der Waals surface area contributed by atoms with Crippen molar-refractivity contribution in [1.82, 2.24) is 10.2 Å². The lowest BCUT2D eigenvalue weighted by atomic mass is 10.1. The van der Waals surface area contributed by atoms with E-state index in [2.05, 4.69) is 21.2 Å². The number of hydrogen-bond acceptors (Lipinski definition) is 5. The smallest absolute Gasteiger partial charge is 0.244 e. The Bertz CT molecular complexity index is 1060. The van der Waals surface area contributed by atoms with E-state index < -0.39 is 28.5 Å². The van der Waals surface area contributed by atoms with E-state index in [0.29, 0.717) is 18.9 Å². The highest BCUT2D eigenvalue weighted by molar-refractivity contribution is 9.10. The topological polar surface area (TPSA) is 96.0 Å². The van der Waals surface area contributed by atoms with E-state index in [0.717, 1.165) is 20.6 Å². The van der Waals surface area contributed by atoms with Crippen molar-refractivity contribution < 1.29 is 22.7 Å². The summed E-state index contributed by atoms with van der Waals surface area (Å²) in [6, 6.07) is 13.2. The van der Waals surface area contributed by atoms with Gasteiger partial charge in [-0.15, -0.1) is 0 Å². The van der Waals surface area contributed by atoms with Gasteiger partial charge in [0.25, 0.3) is 0 Å². The molecule has 2 rings (SSSR count). The summed E-state index contributed by atoms with van der Waals surface area (Å²) in [5.74, 6) is -0.466. The van der Waals surface area contributed by atoms with E-state index >= 15 is 0 Å². The number of rotatable bonds is 11. The molecule has 0 aromatic heterocycles. The third-order valence-corrected chi connectivity index (χ3v) is 6.55. The first-order chi connectivity index (χ1) is 15.6. The fourth-order valence-electron chi connectivity index (χ4n) is 3.23. The minimum Gasteiger partial charge on any atom is -0.492 e. The Labute approximate surface area is 204 Å². The molecule has 0 radical (unpaired) electrons. The van der Waals surface area contributed by atoms with Gasteiger partial charge < -0.3 is 15.0 Å². The van der Waals surface area contributed by atoms with E-state index in [-0.39, 0.29) is 18.1 Å². The molecule has 0 heterocycles. The van der Waals surface area contributed by atoms with Crippen LogP contribution in [0.4, 0.5) is 5.69 Å². The first-order valence-corrected chi connectivity index (χ1v) is 13.2. The second-order valence-corrected chi connectivity index (χ2v) is 10.2. The fourth-order valence-corrected chi connectivity index (χ4v) is 4.34. The molecular weight excluding hydrogens is 510 g/mol. The Morgan fingerprint density at radius 2 is 1.73 bits per heavy atom. The Morgan fingerprint density at radius 1 is 1.09 bits per heavy atom. The maximum atomic E-state index is 13.5. The average molecular weight is 540 g/mol. The van der Waals surface area contributed by atoms with Crippen LogP contribution in [-0.2, 0) is 26.2 Å². The molecule has 0 bridgehead atoms. The van der Waals surface area contributed by atoms with Gasteiger partial charge in [-0.05, 0) is 50.6 Å². The molecule has 33 heavy (non-hydrogen) atoms. The zero-order valence-corrected chi connectivity index (χ0v) is 21.6. The molecule has 0 saturated heterocycles. The van der Waals surface area contributed by atoms with Crippen molar-refractivity contribution in [3.8, 4) is 5.75 Å². The molecule has 180 valence electrons. The van der Waals surface area contributed by atoms with Gasteiger partial charge >= 0.3 is 0 Å². The largest absolute Gasteiger partial charge is 0.492 e. The highest BCUT2D eigenvalue weighted by Crippen LogP contribution is 2.30. The molecule has 0 aliphatic heterocycles. The monoisotopic (exact) mass is 539 g/mol. The van der Waals surface area contributed by atoms with E-state index in [1.54, 1.807) is 45.0 Å². The van der Waals surface area contributed by atoms with Crippen molar-refractivity contribution in [3.63, 3.8) is 0 Å². The first-order valence-electron chi connectivity index (χ1n) is 10.6. The number of sulfonamides is 1. The molecule has 2 amide bonds. The van der Waals surface area contributed by atoms with Crippen molar-refractivity contribution in [2.24, 2.45) is 0 Å². The van der Waals surface area contributed by atoms with Gasteiger partial charge in [0.1, 0.15) is 18.3 Å². The summed E-state index contributed by atoms with van der Waals surface area (Å²) in [4.78, 5) is 27.4. The second-order valence-electron chi connectivity index (χ2n) is 7.39. The average Bonchev–Trinajstić information content (AvgIpc) is 2.76. The van der Waals surface area contributed by atoms with Crippen LogP contribution < -0.4 is 14.4 Å². The van der Waals surface area contributed by atoms with Gasteiger partial charge in [-0.25, -0.2) is 8.42 Å². The van der Waals surface area contributed by atoms with E-state index in [1.165, 1.54) is 4.90 Å². The minimum absolute atomic E-state index is 0.148. The minimum atomic E-state index is -3.82. The zero-order valence-electron chi connectivity index (χ0n) is 19.2. The lowest BCUT2D eigenvalue weighted by Gasteiger charge is -2.31. The van der Waals surface area contributed by atoms with Crippen LogP contribution in [0.1, 0.15) is 26.3 Å². The van der Waals surface area contributed by atoms with E-state index in [9.17, 15) is 18.0 Å². The summed E-state index contributed by atoms with van der Waals surface area (Å²) < 4.78 is 32.8. The molecular formula is C23H30BrN3O5S. The van der Waals surface area contributed by atoms with Crippen molar-refractivity contribution in [2.45, 2.75) is 33.4 Å². The third kappa shape index (κ3) is 7.46. The number of anilines is 1. The number of carbonyl (C=O) groups excluding carboxylic acids is 2. The van der Waals surface area contributed by atoms with Gasteiger partial charge in [-0.3, -0.25) is 13.9 Å². The SMILES string of the molecule is CCNC(=O)[C@H](C)N(Cc1ccc(Br)cc1)C(=O)CN(c1ccccc1OCC)S(C)(=O)=O. The molecule has 0 spiro atoms. The molecule has 8 nitrogen and oxygen atoms in total. The van der Waals surface area contributed by atoms with Gasteiger partial charge in [-0.2, -0.15) is 0 Å². The second kappa shape index (κ2) is 12.0. The Morgan fingerprint density at radius 3 is 2.30 bits per heavy atom. The molecule has 2 aromatic rings. The van der Waals surface area contributed by atoms with Crippen LogP contribution in [-0.4, -0.2) is 57.1 Å². The first kappa shape index (κ1) is 26.7. The summed E-state index contributed by atoms with van der Waals surface area (Å²) in [6.45, 7) is 5.65. The number of nitrogens with zero attached hydrogens (tertiary/aromatic N) is 2. The van der Waals surface area contributed by atoms with Gasteiger partial charge in [0, 0.05) is 17.6 Å². The van der Waals surface area contributed by atoms with Crippen LogP contribution in [0.3, 0.4) is 0 Å². The van der Waals surface area contributed by atoms with Crippen LogP contribution in [0.2, 0.25) is 0 Å². The highest BCUT2D eigenvalue weighted by Gasteiger charge is 2.30. The predicted molar refractivity (Wildman–Crippen MR) is 133 cm³/mol. The third-order valence-electron chi connectivity index (χ3n) is 4.90. The number of carbonyl (C=O) groups is 2. The quantitative estimate of drug-likeness (QED) is 0.473. The standard InChI is InChI=1S/C23H30BrN3O5S/c1-5-25-23(29)17(3)26(15-18-11-13-19(24)14-12-18)22(28)16-27(33(4,30)31)20-9-7-8-10-21(20)32-6-2/h7-14,17H,5-6,15-16H2,1-4H3,(H,25,29)/t17-/m0/s1. The van der Waals surface area contributed by atoms with Crippen molar-refractivity contribution in [1.29, 1.82) is 0 Å². The van der Waals surface area contributed by atoms with E-state index in [1.807, 2.05) is 24.3 Å². The number of amides is 2. The number of para-hydroxylation sites is 2. The highest BCUT2D eigenvalue weighted by atomic mass is 79.9. The molecule has 0 saturated carbocycles. The number of likely N-dealkylation sites (N-methyl/N-ethyl adjacent to an activating group) is 1. The maximum absolute atomic E-state index is 13.5. The number of halogens is 1. The normalized spacial score (nSPS) is 12.0. The summed E-state index contributed by atoms with van der Waals surface area (Å²) in [5.41, 5.74) is 1.08. The lowest BCUT2D eigenvalue weighted by molar-refractivity contribution is -0.139. The van der Waals surface area contributed by atoms with Gasteiger partial charge in [0.05, 0.1) is 18.6 Å². The fraction of sp³-hybridized carbons (Fsp3) is 0.391. The predicted octanol–water partition coefficient (Wildman–Crippen LogP) is 3.17. The Balaban J connectivity index is 2.41. The molecule has 0 fully saturated rings. The van der Waals surface area contributed by atoms with Crippen LogP contribution in [0.15, 0.2) is 53.0 Å². The van der Waals surface area contributed by atoms with Gasteiger partial charge in [0.2, 0.25) is 21.8 Å². The molecule has 2 aromatic carbocycles. The molecule has 0 aliphatic carbocycles. The molecule has 0 unspecified atom stereocenters. The number of nitrogens with one attached hydrogen (secondary N) is 1. The summed E-state index contributed by atoms with van der Waals surface area (Å²) in [5, 5.41) is 2.72.